The van der Waals surface area contributed by atoms with E-state index in [2.05, 4.69) is 41.1 Å². The van der Waals surface area contributed by atoms with Gasteiger partial charge in [-0.25, -0.2) is 0 Å². The van der Waals surface area contributed by atoms with Gasteiger partial charge in [0.05, 0.1) is 11.7 Å². The van der Waals surface area contributed by atoms with Crippen molar-refractivity contribution in [1.82, 2.24) is 15.5 Å². The van der Waals surface area contributed by atoms with Gasteiger partial charge in [-0.15, -0.1) is 0 Å². The molecule has 2 saturated carbocycles. The first-order chi connectivity index (χ1) is 16.5. The summed E-state index contributed by atoms with van der Waals surface area (Å²) in [6.45, 7) is 10.0. The van der Waals surface area contributed by atoms with Crippen LogP contribution in [-0.2, 0) is 0 Å². The van der Waals surface area contributed by atoms with Gasteiger partial charge in [0.2, 0.25) is 5.82 Å². The lowest BCUT2D eigenvalue weighted by molar-refractivity contribution is 0.241. The van der Waals surface area contributed by atoms with Crippen LogP contribution < -0.4 is 10.1 Å². The van der Waals surface area contributed by atoms with E-state index >= 15 is 0 Å². The molecule has 0 saturated heterocycles. The Morgan fingerprint density at radius 3 is 2.74 bits per heavy atom. The quantitative estimate of drug-likeness (QED) is 0.519. The molecule has 0 aliphatic heterocycles. The summed E-state index contributed by atoms with van der Waals surface area (Å²) in [4.78, 5) is 4.67. The topological polar surface area (TPSA) is 84.0 Å². The minimum atomic E-state index is -0.0154. The Hall–Kier alpha value is -3.17. The Balaban J connectivity index is 1.59. The number of ether oxygens (including phenoxy) is 1. The summed E-state index contributed by atoms with van der Waals surface area (Å²) in [6, 6.07) is 8.51. The van der Waals surface area contributed by atoms with E-state index in [1.165, 1.54) is 43.3 Å². The van der Waals surface area contributed by atoms with Crippen molar-refractivity contribution in [1.29, 1.82) is 5.26 Å². The van der Waals surface area contributed by atoms with Gasteiger partial charge in [0.25, 0.3) is 5.89 Å². The fourth-order valence-corrected chi connectivity index (χ4v) is 5.10. The van der Waals surface area contributed by atoms with Gasteiger partial charge in [-0.05, 0) is 75.8 Å². The fraction of sp³-hybridized carbons (Fsp3) is 0.464. The van der Waals surface area contributed by atoms with Gasteiger partial charge >= 0.3 is 0 Å². The maximum absolute atomic E-state index is 9.55. The first-order valence-corrected chi connectivity index (χ1v) is 12.4. The third kappa shape index (κ3) is 5.15. The SMILES string of the molecule is C=C/C(=C1/CCC(NC2CCCCC2)/C1=C/C)c1noc(-c2ccc(OC(C)C)c(C#N)c2)n1. The molecule has 2 fully saturated rings. The zero-order valence-electron chi connectivity index (χ0n) is 20.4. The van der Waals surface area contributed by atoms with Gasteiger partial charge in [0.1, 0.15) is 11.8 Å². The van der Waals surface area contributed by atoms with Crippen LogP contribution in [0.5, 0.6) is 5.75 Å². The second kappa shape index (κ2) is 10.8. The number of nitriles is 1. The van der Waals surface area contributed by atoms with Crippen molar-refractivity contribution in [2.75, 3.05) is 0 Å². The van der Waals surface area contributed by atoms with Crippen molar-refractivity contribution in [3.8, 4) is 23.3 Å². The lowest BCUT2D eigenvalue weighted by Crippen LogP contribution is -2.38. The molecule has 2 aliphatic carbocycles. The van der Waals surface area contributed by atoms with E-state index < -0.39 is 0 Å². The number of nitrogens with one attached hydrogen (secondary N) is 1. The molecular formula is C28H34N4O2. The lowest BCUT2D eigenvalue weighted by Gasteiger charge is -2.27. The number of aromatic nitrogens is 2. The molecule has 0 bridgehead atoms. The van der Waals surface area contributed by atoms with Crippen molar-refractivity contribution in [3.05, 3.63) is 59.5 Å². The van der Waals surface area contributed by atoms with E-state index in [-0.39, 0.29) is 6.10 Å². The van der Waals surface area contributed by atoms with E-state index in [1.54, 1.807) is 12.1 Å². The van der Waals surface area contributed by atoms with Crippen LogP contribution >= 0.6 is 0 Å². The molecule has 178 valence electrons. The predicted octanol–water partition coefficient (Wildman–Crippen LogP) is 6.37. The Kier molecular flexibility index (Phi) is 7.64. The molecular weight excluding hydrogens is 424 g/mol. The maximum Gasteiger partial charge on any atom is 0.258 e. The number of rotatable bonds is 7. The molecule has 2 aromatic rings. The van der Waals surface area contributed by atoms with Gasteiger partial charge in [-0.3, -0.25) is 0 Å². The van der Waals surface area contributed by atoms with Gasteiger partial charge < -0.3 is 14.6 Å². The van der Waals surface area contributed by atoms with Gasteiger partial charge in [0, 0.05) is 23.2 Å². The summed E-state index contributed by atoms with van der Waals surface area (Å²) in [7, 11) is 0. The van der Waals surface area contributed by atoms with Gasteiger partial charge in [0.15, 0.2) is 0 Å². The highest BCUT2D eigenvalue weighted by Gasteiger charge is 2.30. The van der Waals surface area contributed by atoms with Gasteiger partial charge in [-0.2, -0.15) is 10.2 Å². The predicted molar refractivity (Wildman–Crippen MR) is 134 cm³/mol. The molecule has 1 aromatic heterocycles. The first kappa shape index (κ1) is 24.0. The highest BCUT2D eigenvalue weighted by Crippen LogP contribution is 2.38. The molecule has 1 N–H and O–H groups in total. The summed E-state index contributed by atoms with van der Waals surface area (Å²) in [5, 5.41) is 17.7. The lowest BCUT2D eigenvalue weighted by atomic mass is 9.93. The third-order valence-corrected chi connectivity index (χ3v) is 6.67. The van der Waals surface area contributed by atoms with Crippen molar-refractivity contribution in [3.63, 3.8) is 0 Å². The molecule has 2 aliphatic rings. The number of allylic oxidation sites excluding steroid dienone is 3. The minimum Gasteiger partial charge on any atom is -0.490 e. The third-order valence-electron chi connectivity index (χ3n) is 6.67. The highest BCUT2D eigenvalue weighted by atomic mass is 16.5. The van der Waals surface area contributed by atoms with E-state index in [9.17, 15) is 5.26 Å². The Morgan fingerprint density at radius 1 is 1.26 bits per heavy atom. The zero-order chi connectivity index (χ0) is 24.1. The first-order valence-electron chi connectivity index (χ1n) is 12.4. The molecule has 0 spiro atoms. The Bertz CT molecular complexity index is 1130. The summed E-state index contributed by atoms with van der Waals surface area (Å²) < 4.78 is 11.3. The monoisotopic (exact) mass is 458 g/mol. The standard InChI is InChI=1S/C28H34N4O2/c1-5-22-24(13-14-25(22)30-21-10-8-7-9-11-21)23(6-2)27-31-28(34-32-27)19-12-15-26(33-18(3)4)20(16-19)17-29/h5-6,12,15-16,18,21,25,30H,2,7-11,13-14H2,1,3-4H3/b22-5+,24-23+. The highest BCUT2D eigenvalue weighted by molar-refractivity contribution is 5.77. The number of hydrogen-bond acceptors (Lipinski definition) is 6. The Morgan fingerprint density at radius 2 is 2.06 bits per heavy atom. The summed E-state index contributed by atoms with van der Waals surface area (Å²) >= 11 is 0. The van der Waals surface area contributed by atoms with Crippen LogP contribution in [0.1, 0.15) is 77.1 Å². The van der Waals surface area contributed by atoms with E-state index in [0.29, 0.717) is 40.7 Å². The van der Waals surface area contributed by atoms with Crippen LogP contribution in [0.4, 0.5) is 0 Å². The second-order valence-corrected chi connectivity index (χ2v) is 9.35. The zero-order valence-corrected chi connectivity index (χ0v) is 20.4. The van der Waals surface area contributed by atoms with E-state index in [4.69, 9.17) is 9.26 Å². The van der Waals surface area contributed by atoms with Crippen molar-refractivity contribution in [2.24, 2.45) is 0 Å². The Labute approximate surface area is 202 Å². The molecule has 6 heteroatoms. The number of nitrogens with zero attached hydrogens (tertiary/aromatic N) is 3. The van der Waals surface area contributed by atoms with Crippen molar-refractivity contribution >= 4 is 5.57 Å². The van der Waals surface area contributed by atoms with Crippen LogP contribution in [-0.4, -0.2) is 28.3 Å². The van der Waals surface area contributed by atoms with Gasteiger partial charge in [-0.1, -0.05) is 43.2 Å². The summed E-state index contributed by atoms with van der Waals surface area (Å²) in [5.74, 6) is 1.45. The molecule has 0 radical (unpaired) electrons. The van der Waals surface area contributed by atoms with Crippen molar-refractivity contribution < 1.29 is 9.26 Å². The number of benzene rings is 1. The fourth-order valence-electron chi connectivity index (χ4n) is 5.10. The van der Waals surface area contributed by atoms with E-state index in [0.717, 1.165) is 18.4 Å². The van der Waals surface area contributed by atoms with Crippen LogP contribution in [0.15, 0.2) is 52.6 Å². The van der Waals surface area contributed by atoms with Crippen molar-refractivity contribution in [2.45, 2.75) is 83.9 Å². The number of hydrogen-bond donors (Lipinski definition) is 1. The molecule has 0 amide bonds. The van der Waals surface area contributed by atoms with Crippen LogP contribution in [0.2, 0.25) is 0 Å². The van der Waals surface area contributed by atoms with E-state index in [1.807, 2.05) is 26.0 Å². The largest absolute Gasteiger partial charge is 0.490 e. The molecule has 6 nitrogen and oxygen atoms in total. The van der Waals surface area contributed by atoms with Crippen LogP contribution in [0.25, 0.3) is 17.0 Å². The summed E-state index contributed by atoms with van der Waals surface area (Å²) in [5.41, 5.74) is 4.59. The molecule has 1 atom stereocenters. The maximum atomic E-state index is 9.55. The van der Waals surface area contributed by atoms with Crippen LogP contribution in [0, 0.1) is 11.3 Å². The smallest absolute Gasteiger partial charge is 0.258 e. The molecule has 34 heavy (non-hydrogen) atoms. The normalized spacial score (nSPS) is 21.6. The molecule has 4 rings (SSSR count). The average Bonchev–Trinajstić information content (AvgIpc) is 3.48. The molecule has 1 aromatic carbocycles. The molecule has 1 heterocycles. The second-order valence-electron chi connectivity index (χ2n) is 9.35. The van der Waals surface area contributed by atoms with Crippen LogP contribution in [0.3, 0.4) is 0 Å². The average molecular weight is 459 g/mol. The minimum absolute atomic E-state index is 0.0154. The molecule has 1 unspecified atom stereocenters. The summed E-state index contributed by atoms with van der Waals surface area (Å²) in [6.07, 6.45) is 12.6.